The van der Waals surface area contributed by atoms with Crippen LogP contribution in [0, 0.1) is 0 Å². The predicted molar refractivity (Wildman–Crippen MR) is 316 cm³/mol. The SMILES string of the molecule is CC(C)(C)c1ccc(N(c2ccc3c(c2)C(C)(C)c2cccc4c2c-3cc2ccc(N(c3ccc(C(C)(C)C)cc3)c3ccc5ccc6ccccc6c5c3)cc24)c2ccc3ccc4ccccc4c3c2)cc1. The largest absolute Gasteiger partial charge is 0.310 e. The molecule has 0 fully saturated rings. The lowest BCUT2D eigenvalue weighted by Crippen LogP contribution is -2.24. The van der Waals surface area contributed by atoms with Crippen molar-refractivity contribution in [2.75, 3.05) is 9.80 Å². The fraction of sp³-hybridized carbons (Fsp3) is 0.155. The molecule has 0 aliphatic heterocycles. The van der Waals surface area contributed by atoms with Crippen LogP contribution in [0.2, 0.25) is 0 Å². The highest BCUT2D eigenvalue weighted by Crippen LogP contribution is 2.53. The zero-order valence-corrected chi connectivity index (χ0v) is 43.2. The van der Waals surface area contributed by atoms with Crippen molar-refractivity contribution in [1.29, 1.82) is 0 Å². The summed E-state index contributed by atoms with van der Waals surface area (Å²) in [6, 6.07) is 82.6. The highest BCUT2D eigenvalue weighted by Gasteiger charge is 2.35. The second-order valence-electron chi connectivity index (χ2n) is 23.1. The zero-order valence-electron chi connectivity index (χ0n) is 43.2. The van der Waals surface area contributed by atoms with Gasteiger partial charge in [-0.05, 0) is 188 Å². The first-order valence-electron chi connectivity index (χ1n) is 26.0. The zero-order chi connectivity index (χ0) is 50.0. The quantitative estimate of drug-likeness (QED) is 0.153. The number of nitrogens with zero attached hydrogens (tertiary/aromatic N) is 2. The number of rotatable bonds is 6. The molecule has 0 radical (unpaired) electrons. The minimum atomic E-state index is -0.292. The summed E-state index contributed by atoms with van der Waals surface area (Å²) >= 11 is 0. The van der Waals surface area contributed by atoms with Crippen molar-refractivity contribution in [1.82, 2.24) is 0 Å². The van der Waals surface area contributed by atoms with Crippen LogP contribution in [0.15, 0.2) is 218 Å². The lowest BCUT2D eigenvalue weighted by molar-refractivity contribution is 0.590. The Morgan fingerprint density at radius 1 is 0.288 bits per heavy atom. The van der Waals surface area contributed by atoms with E-state index in [9.17, 15) is 0 Å². The van der Waals surface area contributed by atoms with Crippen LogP contribution < -0.4 is 9.80 Å². The van der Waals surface area contributed by atoms with E-state index in [0.717, 1.165) is 34.1 Å². The molecule has 73 heavy (non-hydrogen) atoms. The van der Waals surface area contributed by atoms with E-state index in [1.54, 1.807) is 0 Å². The Kier molecular flexibility index (Phi) is 10.1. The van der Waals surface area contributed by atoms with Gasteiger partial charge in [-0.3, -0.25) is 0 Å². The second-order valence-corrected chi connectivity index (χ2v) is 23.1. The number of hydrogen-bond donors (Lipinski definition) is 0. The first-order chi connectivity index (χ1) is 35.2. The van der Waals surface area contributed by atoms with E-state index in [1.165, 1.54) is 98.0 Å². The van der Waals surface area contributed by atoms with Crippen molar-refractivity contribution in [2.24, 2.45) is 0 Å². The van der Waals surface area contributed by atoms with Crippen molar-refractivity contribution < 1.29 is 0 Å². The number of anilines is 6. The maximum atomic E-state index is 2.48. The molecule has 354 valence electrons. The fourth-order valence-electron chi connectivity index (χ4n) is 12.0. The number of fused-ring (bicyclic) bond motifs is 10. The highest BCUT2D eigenvalue weighted by atomic mass is 15.1. The first kappa shape index (κ1) is 44.7. The minimum absolute atomic E-state index is 0.0475. The molecular weight excluding hydrogens is 881 g/mol. The van der Waals surface area contributed by atoms with Crippen LogP contribution in [-0.4, -0.2) is 0 Å². The van der Waals surface area contributed by atoms with E-state index in [0.29, 0.717) is 0 Å². The molecule has 2 heteroatoms. The topological polar surface area (TPSA) is 6.48 Å². The Morgan fingerprint density at radius 2 is 0.671 bits per heavy atom. The van der Waals surface area contributed by atoms with E-state index in [2.05, 4.69) is 284 Å². The summed E-state index contributed by atoms with van der Waals surface area (Å²) in [6.45, 7) is 18.6. The average Bonchev–Trinajstić information content (AvgIpc) is 3.40. The summed E-state index contributed by atoms with van der Waals surface area (Å²) in [6.07, 6.45) is 0. The van der Waals surface area contributed by atoms with E-state index in [1.807, 2.05) is 0 Å². The minimum Gasteiger partial charge on any atom is -0.310 e. The van der Waals surface area contributed by atoms with Crippen LogP contribution in [-0.2, 0) is 16.2 Å². The standard InChI is InChI=1S/C71H60N2/c1-69(2,3)50-27-34-52(35-28-50)72(54-31-24-47-22-20-45-14-9-11-16-58(45)62(47)41-54)56-33-26-49-40-65-60-39-38-57(44-67(60)71(7,8)66-19-13-18-61(68(65)66)64(49)43-56)73(53-36-29-51(30-37-53)70(4,5)6)55-32-25-48-23-21-46-15-10-12-17-59(46)63(48)42-55/h9-44H,1-8H3. The summed E-state index contributed by atoms with van der Waals surface area (Å²) < 4.78 is 0. The third-order valence-corrected chi connectivity index (χ3v) is 16.1. The van der Waals surface area contributed by atoms with E-state index < -0.39 is 0 Å². The van der Waals surface area contributed by atoms with Gasteiger partial charge in [-0.2, -0.15) is 0 Å². The van der Waals surface area contributed by atoms with Gasteiger partial charge in [0.05, 0.1) is 0 Å². The van der Waals surface area contributed by atoms with Gasteiger partial charge in [0.25, 0.3) is 0 Å². The first-order valence-corrected chi connectivity index (χ1v) is 26.0. The Labute approximate surface area is 429 Å². The molecule has 1 aliphatic carbocycles. The lowest BCUT2D eigenvalue weighted by Gasteiger charge is -2.37. The molecule has 0 spiro atoms. The van der Waals surface area contributed by atoms with Crippen molar-refractivity contribution in [3.63, 3.8) is 0 Å². The van der Waals surface area contributed by atoms with Crippen molar-refractivity contribution >= 4 is 98.8 Å². The molecule has 0 saturated heterocycles. The highest BCUT2D eigenvalue weighted by molar-refractivity contribution is 6.18. The molecule has 0 saturated carbocycles. The second kappa shape index (κ2) is 16.4. The van der Waals surface area contributed by atoms with Crippen LogP contribution >= 0.6 is 0 Å². The van der Waals surface area contributed by atoms with Crippen LogP contribution in [0.25, 0.3) is 75.8 Å². The van der Waals surface area contributed by atoms with Crippen molar-refractivity contribution in [3.8, 4) is 11.1 Å². The summed E-state index contributed by atoms with van der Waals surface area (Å²) in [4.78, 5) is 4.91. The van der Waals surface area contributed by atoms with Gasteiger partial charge in [0.15, 0.2) is 0 Å². The fourth-order valence-corrected chi connectivity index (χ4v) is 12.0. The predicted octanol–water partition coefficient (Wildman–Crippen LogP) is 20.4. The molecule has 13 rings (SSSR count). The van der Waals surface area contributed by atoms with Gasteiger partial charge in [0.2, 0.25) is 0 Å². The van der Waals surface area contributed by atoms with Crippen molar-refractivity contribution in [3.05, 3.63) is 241 Å². The van der Waals surface area contributed by atoms with Crippen LogP contribution in [0.1, 0.15) is 77.6 Å². The molecule has 0 atom stereocenters. The van der Waals surface area contributed by atoms with Gasteiger partial charge >= 0.3 is 0 Å². The Hall–Kier alpha value is -8.20. The molecule has 12 aromatic rings. The van der Waals surface area contributed by atoms with Crippen LogP contribution in [0.3, 0.4) is 0 Å². The van der Waals surface area contributed by atoms with Crippen LogP contribution in [0.4, 0.5) is 34.1 Å². The molecular formula is C71H60N2. The smallest absolute Gasteiger partial charge is 0.0468 e. The van der Waals surface area contributed by atoms with Gasteiger partial charge in [-0.1, -0.05) is 195 Å². The summed E-state index contributed by atoms with van der Waals surface area (Å²) in [5.41, 5.74) is 14.5. The van der Waals surface area contributed by atoms with Gasteiger partial charge in [0, 0.05) is 39.5 Å². The Bertz CT molecular complexity index is 4180. The van der Waals surface area contributed by atoms with Crippen LogP contribution in [0.5, 0.6) is 0 Å². The third kappa shape index (κ3) is 7.37. The molecule has 1 aliphatic rings. The Morgan fingerprint density at radius 3 is 1.16 bits per heavy atom. The maximum absolute atomic E-state index is 2.48. The van der Waals surface area contributed by atoms with Gasteiger partial charge in [-0.25, -0.2) is 0 Å². The van der Waals surface area contributed by atoms with E-state index >= 15 is 0 Å². The molecule has 0 N–H and O–H groups in total. The molecule has 2 nitrogen and oxygen atoms in total. The average molecular weight is 941 g/mol. The maximum Gasteiger partial charge on any atom is 0.0468 e. The summed E-state index contributed by atoms with van der Waals surface area (Å²) in [7, 11) is 0. The lowest BCUT2D eigenvalue weighted by atomic mass is 9.68. The van der Waals surface area contributed by atoms with Crippen molar-refractivity contribution in [2.45, 2.75) is 71.6 Å². The van der Waals surface area contributed by atoms with Gasteiger partial charge in [-0.15, -0.1) is 0 Å². The van der Waals surface area contributed by atoms with E-state index in [4.69, 9.17) is 0 Å². The molecule has 12 aromatic carbocycles. The monoisotopic (exact) mass is 940 g/mol. The molecule has 0 bridgehead atoms. The number of hydrogen-bond acceptors (Lipinski definition) is 2. The van der Waals surface area contributed by atoms with Gasteiger partial charge in [0.1, 0.15) is 0 Å². The van der Waals surface area contributed by atoms with E-state index in [-0.39, 0.29) is 16.2 Å². The molecule has 0 unspecified atom stereocenters. The number of benzene rings is 12. The Balaban J connectivity index is 0.974. The molecule has 0 aromatic heterocycles. The normalized spacial score (nSPS) is 13.3. The van der Waals surface area contributed by atoms with Gasteiger partial charge < -0.3 is 9.80 Å². The summed E-state index contributed by atoms with van der Waals surface area (Å²) in [5.74, 6) is 0. The summed E-state index contributed by atoms with van der Waals surface area (Å²) in [5, 5.41) is 15.1. The molecule has 0 amide bonds. The molecule has 0 heterocycles. The third-order valence-electron chi connectivity index (χ3n) is 16.1.